The summed E-state index contributed by atoms with van der Waals surface area (Å²) in [5.74, 6) is 0.474. The highest BCUT2D eigenvalue weighted by Gasteiger charge is 2.15. The van der Waals surface area contributed by atoms with Gasteiger partial charge in [-0.3, -0.25) is 4.79 Å². The number of nitrogens with one attached hydrogen (secondary N) is 1. The van der Waals surface area contributed by atoms with Gasteiger partial charge in [-0.05, 0) is 26.8 Å². The van der Waals surface area contributed by atoms with E-state index in [1.165, 1.54) is 0 Å². The van der Waals surface area contributed by atoms with Gasteiger partial charge in [0.1, 0.15) is 11.4 Å². The Bertz CT molecular complexity index is 412. The van der Waals surface area contributed by atoms with Crippen LogP contribution >= 0.6 is 0 Å². The summed E-state index contributed by atoms with van der Waals surface area (Å²) in [6.45, 7) is 5.98. The molecule has 19 heavy (non-hydrogen) atoms. The van der Waals surface area contributed by atoms with E-state index in [1.54, 1.807) is 24.7 Å². The summed E-state index contributed by atoms with van der Waals surface area (Å²) in [7, 11) is 0. The molecule has 0 unspecified atom stereocenters. The highest BCUT2D eigenvalue weighted by molar-refractivity contribution is 5.70. The second-order valence-corrected chi connectivity index (χ2v) is 4.93. The smallest absolute Gasteiger partial charge is 0.308 e. The van der Waals surface area contributed by atoms with Gasteiger partial charge in [0.05, 0.1) is 6.42 Å². The second-order valence-electron chi connectivity index (χ2n) is 4.93. The fourth-order valence-corrected chi connectivity index (χ4v) is 1.24. The number of hydrazone groups is 1. The quantitative estimate of drug-likeness (QED) is 0.363. The van der Waals surface area contributed by atoms with Crippen LogP contribution in [0.4, 0.5) is 0 Å². The van der Waals surface area contributed by atoms with E-state index >= 15 is 0 Å². The fourth-order valence-electron chi connectivity index (χ4n) is 1.24. The number of hydrogen-bond donors (Lipinski definition) is 1. The van der Waals surface area contributed by atoms with Crippen LogP contribution in [0, 0.1) is 0 Å². The van der Waals surface area contributed by atoms with E-state index in [4.69, 9.17) is 4.74 Å². The maximum Gasteiger partial charge on any atom is 0.308 e. The molecule has 0 aliphatic rings. The zero-order valence-corrected chi connectivity index (χ0v) is 11.6. The van der Waals surface area contributed by atoms with Crippen LogP contribution in [0.5, 0.6) is 0 Å². The van der Waals surface area contributed by atoms with Crippen molar-refractivity contribution < 1.29 is 9.53 Å². The lowest BCUT2D eigenvalue weighted by Gasteiger charge is -2.19. The first kappa shape index (κ1) is 15.1. The Morgan fingerprint density at radius 3 is 2.74 bits per heavy atom. The largest absolute Gasteiger partial charge is 0.460 e. The Hall–Kier alpha value is -1.98. The van der Waals surface area contributed by atoms with Crippen LogP contribution in [0.1, 0.15) is 33.0 Å². The average molecular weight is 264 g/mol. The number of rotatable bonds is 6. The molecule has 0 amide bonds. The number of carbonyl (C=O) groups excluding carboxylic acids is 1. The van der Waals surface area contributed by atoms with E-state index in [9.17, 15) is 4.79 Å². The van der Waals surface area contributed by atoms with Crippen LogP contribution in [-0.4, -0.2) is 34.3 Å². The molecule has 0 radical (unpaired) electrons. The summed E-state index contributed by atoms with van der Waals surface area (Å²) in [5.41, 5.74) is 2.35. The third kappa shape index (κ3) is 7.86. The van der Waals surface area contributed by atoms with Gasteiger partial charge in [-0.1, -0.05) is 0 Å². The molecule has 0 saturated heterocycles. The van der Waals surface area contributed by atoms with E-state index < -0.39 is 5.60 Å². The van der Waals surface area contributed by atoms with Gasteiger partial charge in [0.2, 0.25) is 0 Å². The summed E-state index contributed by atoms with van der Waals surface area (Å²) in [5, 5.41) is 3.97. The number of esters is 1. The van der Waals surface area contributed by atoms with Crippen LogP contribution in [0.25, 0.3) is 0 Å². The van der Waals surface area contributed by atoms with Crippen molar-refractivity contribution in [3.05, 3.63) is 24.3 Å². The SMILES string of the molecule is CC(C)(C)OC(=O)CCNN=CCc1ncccn1. The number of nitrogens with zero attached hydrogens (tertiary/aromatic N) is 3. The predicted octanol–water partition coefficient (Wildman–Crippen LogP) is 1.33. The summed E-state index contributed by atoms with van der Waals surface area (Å²) in [6, 6.07) is 1.76. The fraction of sp³-hybridized carbons (Fsp3) is 0.538. The minimum Gasteiger partial charge on any atom is -0.460 e. The lowest BCUT2D eigenvalue weighted by molar-refractivity contribution is -0.154. The lowest BCUT2D eigenvalue weighted by Crippen LogP contribution is -2.25. The number of ether oxygens (including phenoxy) is 1. The molecule has 1 heterocycles. The van der Waals surface area contributed by atoms with Gasteiger partial charge in [-0.2, -0.15) is 5.10 Å². The van der Waals surface area contributed by atoms with E-state index in [0.717, 1.165) is 0 Å². The van der Waals surface area contributed by atoms with E-state index in [2.05, 4.69) is 20.5 Å². The monoisotopic (exact) mass is 264 g/mol. The average Bonchev–Trinajstić information content (AvgIpc) is 2.32. The molecule has 0 spiro atoms. The summed E-state index contributed by atoms with van der Waals surface area (Å²) in [6.07, 6.45) is 5.89. The Morgan fingerprint density at radius 1 is 1.42 bits per heavy atom. The maximum absolute atomic E-state index is 11.4. The maximum atomic E-state index is 11.4. The van der Waals surface area contributed by atoms with Crippen LogP contribution in [0.3, 0.4) is 0 Å². The van der Waals surface area contributed by atoms with Gasteiger partial charge in [-0.15, -0.1) is 0 Å². The molecular weight excluding hydrogens is 244 g/mol. The predicted molar refractivity (Wildman–Crippen MR) is 72.7 cm³/mol. The molecule has 0 aliphatic carbocycles. The van der Waals surface area contributed by atoms with Crippen molar-refractivity contribution in [2.45, 2.75) is 39.2 Å². The molecule has 0 atom stereocenters. The van der Waals surface area contributed by atoms with Crippen molar-refractivity contribution in [3.8, 4) is 0 Å². The molecule has 104 valence electrons. The normalized spacial score (nSPS) is 11.5. The van der Waals surface area contributed by atoms with Crippen molar-refractivity contribution in [3.63, 3.8) is 0 Å². The Balaban J connectivity index is 2.12. The minimum absolute atomic E-state index is 0.235. The van der Waals surface area contributed by atoms with Crippen molar-refractivity contribution in [2.75, 3.05) is 6.54 Å². The highest BCUT2D eigenvalue weighted by atomic mass is 16.6. The van der Waals surface area contributed by atoms with Crippen molar-refractivity contribution in [2.24, 2.45) is 5.10 Å². The molecule has 1 aromatic rings. The van der Waals surface area contributed by atoms with Crippen molar-refractivity contribution >= 4 is 12.2 Å². The van der Waals surface area contributed by atoms with E-state index in [1.807, 2.05) is 20.8 Å². The molecule has 0 aliphatic heterocycles. The Kier molecular flexibility index (Phi) is 5.92. The van der Waals surface area contributed by atoms with E-state index in [-0.39, 0.29) is 12.4 Å². The summed E-state index contributed by atoms with van der Waals surface area (Å²) >= 11 is 0. The molecule has 0 bridgehead atoms. The van der Waals surface area contributed by atoms with Crippen molar-refractivity contribution in [1.82, 2.24) is 15.4 Å². The topological polar surface area (TPSA) is 76.5 Å². The Labute approximate surface area is 113 Å². The molecule has 0 aromatic carbocycles. The minimum atomic E-state index is -0.439. The van der Waals surface area contributed by atoms with Crippen LogP contribution < -0.4 is 5.43 Å². The number of aromatic nitrogens is 2. The second kappa shape index (κ2) is 7.45. The summed E-state index contributed by atoms with van der Waals surface area (Å²) in [4.78, 5) is 19.5. The standard InChI is InChI=1S/C13H20N4O2/c1-13(2,3)19-12(18)6-10-17-16-9-5-11-14-7-4-8-15-11/h4,7-9,17H,5-6,10H2,1-3H3. The highest BCUT2D eigenvalue weighted by Crippen LogP contribution is 2.07. The molecule has 0 fully saturated rings. The number of carbonyl (C=O) groups is 1. The van der Waals surface area contributed by atoms with Crippen LogP contribution in [-0.2, 0) is 16.0 Å². The molecule has 1 aromatic heterocycles. The van der Waals surface area contributed by atoms with Gasteiger partial charge < -0.3 is 10.2 Å². The van der Waals surface area contributed by atoms with Gasteiger partial charge in [0.25, 0.3) is 0 Å². The first-order valence-corrected chi connectivity index (χ1v) is 6.19. The third-order valence-electron chi connectivity index (χ3n) is 1.94. The third-order valence-corrected chi connectivity index (χ3v) is 1.94. The zero-order chi connectivity index (χ0) is 14.1. The van der Waals surface area contributed by atoms with Crippen LogP contribution in [0.15, 0.2) is 23.6 Å². The van der Waals surface area contributed by atoms with Gasteiger partial charge in [-0.25, -0.2) is 9.97 Å². The molecular formula is C13H20N4O2. The zero-order valence-electron chi connectivity index (χ0n) is 11.6. The molecule has 1 rings (SSSR count). The van der Waals surface area contributed by atoms with E-state index in [0.29, 0.717) is 18.8 Å². The number of hydrogen-bond acceptors (Lipinski definition) is 6. The summed E-state index contributed by atoms with van der Waals surface area (Å²) < 4.78 is 5.16. The molecule has 6 heteroatoms. The first-order chi connectivity index (χ1) is 8.97. The van der Waals surface area contributed by atoms with Gasteiger partial charge in [0.15, 0.2) is 0 Å². The van der Waals surface area contributed by atoms with Crippen LogP contribution in [0.2, 0.25) is 0 Å². The molecule has 6 nitrogen and oxygen atoms in total. The first-order valence-electron chi connectivity index (χ1n) is 6.19. The van der Waals surface area contributed by atoms with Crippen molar-refractivity contribution in [1.29, 1.82) is 0 Å². The van der Waals surface area contributed by atoms with Gasteiger partial charge in [0, 0.05) is 31.6 Å². The molecule has 0 saturated carbocycles. The lowest BCUT2D eigenvalue weighted by atomic mass is 10.2. The Morgan fingerprint density at radius 2 is 2.11 bits per heavy atom. The molecule has 1 N–H and O–H groups in total. The van der Waals surface area contributed by atoms with Gasteiger partial charge >= 0.3 is 5.97 Å².